The molecule has 0 spiro atoms. The van der Waals surface area contributed by atoms with Crippen molar-refractivity contribution in [2.45, 2.75) is 99.7 Å². The van der Waals surface area contributed by atoms with Gasteiger partial charge in [-0.25, -0.2) is 0 Å². The molecule has 0 saturated carbocycles. The number of fused-ring (bicyclic) bond motifs is 6. The summed E-state index contributed by atoms with van der Waals surface area (Å²) in [5.41, 5.74) is 7.57. The molecule has 6 heterocycles. The lowest BCUT2D eigenvalue weighted by Gasteiger charge is -2.30. The van der Waals surface area contributed by atoms with Gasteiger partial charge in [0.1, 0.15) is 0 Å². The van der Waals surface area contributed by atoms with Crippen molar-refractivity contribution in [3.63, 3.8) is 0 Å². The van der Waals surface area contributed by atoms with Gasteiger partial charge in [-0.1, -0.05) is 133 Å². The van der Waals surface area contributed by atoms with Gasteiger partial charge in [-0.15, -0.1) is 0 Å². The second-order valence-corrected chi connectivity index (χ2v) is 30.9. The Morgan fingerprint density at radius 3 is 0.454 bits per heavy atom. The maximum absolute atomic E-state index is 13.7. The quantitative estimate of drug-likeness (QED) is 0.0332. The van der Waals surface area contributed by atoms with Crippen LogP contribution in [-0.2, 0) is 19.6 Å². The summed E-state index contributed by atoms with van der Waals surface area (Å²) in [4.78, 5) is 180. The molecule has 7 aromatic carbocycles. The van der Waals surface area contributed by atoms with E-state index in [0.29, 0.717) is 164 Å². The summed E-state index contributed by atoms with van der Waals surface area (Å²) in [6.45, 7) is 18.1. The van der Waals surface area contributed by atoms with Crippen LogP contribution in [-0.4, -0.2) is 194 Å². The van der Waals surface area contributed by atoms with Crippen LogP contribution in [0.2, 0.25) is 0 Å². The van der Waals surface area contributed by atoms with Crippen LogP contribution in [0.1, 0.15) is 221 Å². The summed E-state index contributed by atoms with van der Waals surface area (Å²) in [6.07, 6.45) is 3.61. The third kappa shape index (κ3) is 16.1. The highest BCUT2D eigenvalue weighted by atomic mass is 16.2. The zero-order chi connectivity index (χ0) is 76.2. The zero-order valence-electron chi connectivity index (χ0n) is 62.3. The van der Waals surface area contributed by atoms with Crippen molar-refractivity contribution in [2.75, 3.05) is 78.5 Å². The second-order valence-electron chi connectivity index (χ2n) is 30.9. The number of benzene rings is 7. The van der Waals surface area contributed by atoms with Gasteiger partial charge in [-0.2, -0.15) is 0 Å². The Hall–Kier alpha value is -10.7. The van der Waals surface area contributed by atoms with Crippen molar-refractivity contribution in [3.8, 4) is 0 Å². The number of imide groups is 6. The first-order valence-corrected chi connectivity index (χ1v) is 38.0. The lowest BCUT2D eigenvalue weighted by atomic mass is 10.0. The number of hydrogen-bond donors (Lipinski definition) is 0. The van der Waals surface area contributed by atoms with Gasteiger partial charge in [0.05, 0.1) is 66.8 Å². The number of amides is 12. The monoisotopic (exact) mass is 1460 g/mol. The minimum Gasteiger partial charge on any atom is -0.299 e. The number of nitrogens with zero attached hydrogens (tertiary/aromatic N) is 9. The Bertz CT molecular complexity index is 3790. The first kappa shape index (κ1) is 75.5. The van der Waals surface area contributed by atoms with Crippen molar-refractivity contribution in [2.24, 2.45) is 35.5 Å². The molecule has 558 valence electrons. The van der Waals surface area contributed by atoms with Gasteiger partial charge in [-0.3, -0.25) is 102 Å². The van der Waals surface area contributed by atoms with Crippen LogP contribution in [0.5, 0.6) is 0 Å². The molecule has 0 N–H and O–H groups in total. The van der Waals surface area contributed by atoms with E-state index < -0.39 is 0 Å². The SMILES string of the molecule is CC(CCN(CCC(C)CN1C(=O)c2ccccc2C1=O)Cc1cc(CN(CCC(C)CN2C(=O)c3ccccc3C2=O)CCC(C)CN2C(=O)c3ccccc3C2=O)cc(CN(CCC(C)CN2C(=O)c3ccccc3C2=O)CCC(C)CN2C(=O)c3ccccc3C2=O)c1)CN1C(=O)c2ccccc2C1=O. The van der Waals surface area contributed by atoms with E-state index in [1.54, 1.807) is 146 Å². The zero-order valence-corrected chi connectivity index (χ0v) is 62.3. The molecule has 0 aromatic heterocycles. The smallest absolute Gasteiger partial charge is 0.261 e. The van der Waals surface area contributed by atoms with Crippen LogP contribution in [0.4, 0.5) is 0 Å². The first-order valence-electron chi connectivity index (χ1n) is 38.0. The number of rotatable bonds is 36. The van der Waals surface area contributed by atoms with E-state index in [4.69, 9.17) is 0 Å². The third-order valence-corrected chi connectivity index (χ3v) is 22.2. The molecule has 6 aliphatic rings. The standard InChI is InChI=1S/C87H93N9O12/c1-55(46-91-76(97)64-19-7-8-20-65(64)77(91)98)31-37-88(38-32-56(2)47-92-78(99)66-21-9-10-22-67(66)79(92)100)52-61-43-62(53-89(39-33-57(3)48-93-80(101)68-23-11-12-24-69(68)81(93)102)40-34-58(4)49-94-82(103)70-25-13-14-26-71(70)83(94)104)45-63(44-61)54-90(41-35-59(5)50-95-84(105)72-27-15-16-28-73(72)85(95)106)42-36-60(6)51-96-86(107)74-29-17-18-30-75(74)87(96)108/h7-30,43-45,55-60H,31-42,46-54H2,1-6H3. The molecule has 13 rings (SSSR count). The van der Waals surface area contributed by atoms with Gasteiger partial charge >= 0.3 is 0 Å². The van der Waals surface area contributed by atoms with Gasteiger partial charge in [0.15, 0.2) is 0 Å². The Morgan fingerprint density at radius 1 is 0.213 bits per heavy atom. The summed E-state index contributed by atoms with van der Waals surface area (Å²) >= 11 is 0. The lowest BCUT2D eigenvalue weighted by molar-refractivity contribution is 0.0607. The number of carbonyl (C=O) groups excluding carboxylic acids is 12. The molecule has 0 fully saturated rings. The van der Waals surface area contributed by atoms with Crippen molar-refractivity contribution >= 4 is 70.9 Å². The van der Waals surface area contributed by atoms with E-state index in [2.05, 4.69) is 32.9 Å². The predicted molar refractivity (Wildman–Crippen MR) is 406 cm³/mol. The highest BCUT2D eigenvalue weighted by molar-refractivity contribution is 6.25. The summed E-state index contributed by atoms with van der Waals surface area (Å²) < 4.78 is 0. The molecule has 0 aliphatic carbocycles. The molecule has 0 bridgehead atoms. The van der Waals surface area contributed by atoms with Gasteiger partial charge in [0, 0.05) is 58.9 Å². The molecule has 7 aromatic rings. The molecule has 12 amide bonds. The molecule has 6 unspecified atom stereocenters. The molecular formula is C87H93N9O12. The van der Waals surface area contributed by atoms with Crippen molar-refractivity contribution in [1.82, 2.24) is 44.1 Å². The maximum Gasteiger partial charge on any atom is 0.261 e. The van der Waals surface area contributed by atoms with Gasteiger partial charge < -0.3 is 0 Å². The minimum atomic E-state index is -0.322. The summed E-state index contributed by atoms with van der Waals surface area (Å²) in [7, 11) is 0. The Kier molecular flexibility index (Phi) is 22.9. The Balaban J connectivity index is 0.807. The fraction of sp³-hybridized carbons (Fsp3) is 0.379. The van der Waals surface area contributed by atoms with E-state index in [1.165, 1.54) is 29.4 Å². The predicted octanol–water partition coefficient (Wildman–Crippen LogP) is 12.0. The highest BCUT2D eigenvalue weighted by Crippen LogP contribution is 2.32. The van der Waals surface area contributed by atoms with E-state index >= 15 is 0 Å². The van der Waals surface area contributed by atoms with E-state index in [1.807, 2.05) is 41.5 Å². The number of hydrogen-bond acceptors (Lipinski definition) is 15. The van der Waals surface area contributed by atoms with Crippen LogP contribution in [0.3, 0.4) is 0 Å². The van der Waals surface area contributed by atoms with Crippen LogP contribution < -0.4 is 0 Å². The summed E-state index contributed by atoms with van der Waals surface area (Å²) in [6, 6.07) is 47.9. The average Bonchev–Trinajstić information content (AvgIpc) is 1.68. The summed E-state index contributed by atoms with van der Waals surface area (Å²) in [5, 5.41) is 0. The fourth-order valence-corrected chi connectivity index (χ4v) is 16.0. The normalized spacial score (nSPS) is 17.0. The topological polar surface area (TPSA) is 234 Å². The van der Waals surface area contributed by atoms with E-state index in [0.717, 1.165) is 16.7 Å². The van der Waals surface area contributed by atoms with Crippen molar-refractivity contribution < 1.29 is 57.5 Å². The molecule has 0 saturated heterocycles. The Labute approximate surface area is 630 Å². The van der Waals surface area contributed by atoms with Gasteiger partial charge in [0.2, 0.25) is 0 Å². The number of carbonyl (C=O) groups is 12. The van der Waals surface area contributed by atoms with Crippen molar-refractivity contribution in [3.05, 3.63) is 247 Å². The van der Waals surface area contributed by atoms with Gasteiger partial charge in [-0.05, 0) is 203 Å². The second kappa shape index (κ2) is 32.8. The molecule has 0 radical (unpaired) electrons. The molecule has 108 heavy (non-hydrogen) atoms. The molecule has 6 atom stereocenters. The van der Waals surface area contributed by atoms with Gasteiger partial charge in [0.25, 0.3) is 70.9 Å². The lowest BCUT2D eigenvalue weighted by Crippen LogP contribution is -2.37. The van der Waals surface area contributed by atoms with Crippen LogP contribution in [0, 0.1) is 35.5 Å². The third-order valence-electron chi connectivity index (χ3n) is 22.2. The maximum atomic E-state index is 13.7. The first-order chi connectivity index (χ1) is 52.0. The minimum absolute atomic E-state index is 0.118. The highest BCUT2D eigenvalue weighted by Gasteiger charge is 2.42. The molecular weight excluding hydrogens is 1360 g/mol. The molecule has 21 nitrogen and oxygen atoms in total. The average molecular weight is 1460 g/mol. The Morgan fingerprint density at radius 2 is 0.333 bits per heavy atom. The fourth-order valence-electron chi connectivity index (χ4n) is 16.0. The van der Waals surface area contributed by atoms with Crippen LogP contribution in [0.15, 0.2) is 164 Å². The van der Waals surface area contributed by atoms with E-state index in [9.17, 15) is 57.5 Å². The molecule has 6 aliphatic heterocycles. The molecule has 21 heteroatoms. The van der Waals surface area contributed by atoms with E-state index in [-0.39, 0.29) is 146 Å². The van der Waals surface area contributed by atoms with Crippen molar-refractivity contribution in [1.29, 1.82) is 0 Å². The van der Waals surface area contributed by atoms with Crippen LogP contribution >= 0.6 is 0 Å². The van der Waals surface area contributed by atoms with Crippen LogP contribution in [0.25, 0.3) is 0 Å². The summed E-state index contributed by atoms with van der Waals surface area (Å²) in [5.74, 6) is -4.57. The largest absolute Gasteiger partial charge is 0.299 e.